The van der Waals surface area contributed by atoms with Gasteiger partial charge in [0.15, 0.2) is 0 Å². The van der Waals surface area contributed by atoms with Crippen molar-refractivity contribution in [3.05, 3.63) is 27.1 Å². The normalized spacial score (nSPS) is 12.8. The minimum Gasteiger partial charge on any atom is -0.469 e. The molecule has 1 atom stereocenters. The third-order valence-electron chi connectivity index (χ3n) is 3.01. The van der Waals surface area contributed by atoms with Gasteiger partial charge in [-0.05, 0) is 14.0 Å². The van der Waals surface area contributed by atoms with Crippen LogP contribution >= 0.6 is 11.3 Å². The van der Waals surface area contributed by atoms with Gasteiger partial charge in [0.25, 0.3) is 5.56 Å². The Hall–Kier alpha value is -1.80. The average Bonchev–Trinajstić information content (AvgIpc) is 2.79. The van der Waals surface area contributed by atoms with Gasteiger partial charge in [-0.2, -0.15) is 9.61 Å². The van der Waals surface area contributed by atoms with E-state index < -0.39 is 0 Å². The van der Waals surface area contributed by atoms with Crippen molar-refractivity contribution in [2.45, 2.75) is 20.4 Å². The van der Waals surface area contributed by atoms with Gasteiger partial charge < -0.3 is 4.74 Å². The summed E-state index contributed by atoms with van der Waals surface area (Å²) in [6.45, 7) is 4.71. The number of esters is 1. The van der Waals surface area contributed by atoms with E-state index in [9.17, 15) is 9.59 Å². The smallest absolute Gasteiger partial charge is 0.309 e. The second-order valence-corrected chi connectivity index (χ2v) is 6.09. The standard InChI is InChI=1S/C13H18N4O3S/c1-8(12(19)20-4)6-16(3)7-10-15-17-11(18)5-9(2)14-13(17)21-10/h5,8H,6-7H2,1-4H3. The molecule has 0 spiro atoms. The van der Waals surface area contributed by atoms with Crippen molar-refractivity contribution in [1.29, 1.82) is 0 Å². The third-order valence-corrected chi connectivity index (χ3v) is 3.90. The van der Waals surface area contributed by atoms with E-state index >= 15 is 0 Å². The number of rotatable bonds is 5. The van der Waals surface area contributed by atoms with Crippen LogP contribution < -0.4 is 5.56 Å². The van der Waals surface area contributed by atoms with Crippen molar-refractivity contribution >= 4 is 22.3 Å². The number of fused-ring (bicyclic) bond motifs is 1. The van der Waals surface area contributed by atoms with E-state index in [1.54, 1.807) is 6.92 Å². The molecule has 0 fully saturated rings. The lowest BCUT2D eigenvalue weighted by Gasteiger charge is -2.18. The largest absolute Gasteiger partial charge is 0.469 e. The lowest BCUT2D eigenvalue weighted by molar-refractivity contribution is -0.145. The number of hydrogen-bond donors (Lipinski definition) is 0. The number of hydrogen-bond acceptors (Lipinski definition) is 7. The summed E-state index contributed by atoms with van der Waals surface area (Å²) >= 11 is 1.38. The fourth-order valence-electron chi connectivity index (χ4n) is 2.06. The van der Waals surface area contributed by atoms with E-state index in [0.717, 1.165) is 5.01 Å². The SMILES string of the molecule is COC(=O)C(C)CN(C)Cc1nn2c(=O)cc(C)nc2s1. The highest BCUT2D eigenvalue weighted by molar-refractivity contribution is 7.16. The number of carbonyl (C=O) groups excluding carboxylic acids is 1. The van der Waals surface area contributed by atoms with E-state index in [4.69, 9.17) is 4.74 Å². The first-order valence-corrected chi connectivity index (χ1v) is 7.35. The number of aryl methyl sites for hydroxylation is 1. The molecule has 21 heavy (non-hydrogen) atoms. The Balaban J connectivity index is 2.11. The molecule has 0 aliphatic carbocycles. The highest BCUT2D eigenvalue weighted by Gasteiger charge is 2.17. The minimum atomic E-state index is -0.236. The van der Waals surface area contributed by atoms with E-state index in [0.29, 0.717) is 23.7 Å². The molecule has 1 unspecified atom stereocenters. The fraction of sp³-hybridized carbons (Fsp3) is 0.538. The van der Waals surface area contributed by atoms with Crippen LogP contribution in [0, 0.1) is 12.8 Å². The summed E-state index contributed by atoms with van der Waals surface area (Å²) in [6, 6.07) is 1.46. The van der Waals surface area contributed by atoms with Crippen LogP contribution in [-0.4, -0.2) is 46.2 Å². The zero-order valence-electron chi connectivity index (χ0n) is 12.5. The lowest BCUT2D eigenvalue weighted by Crippen LogP contribution is -2.29. The maximum absolute atomic E-state index is 11.8. The first kappa shape index (κ1) is 15.6. The Labute approximate surface area is 126 Å². The van der Waals surface area contributed by atoms with Gasteiger partial charge >= 0.3 is 5.97 Å². The van der Waals surface area contributed by atoms with Crippen LogP contribution in [0.5, 0.6) is 0 Å². The monoisotopic (exact) mass is 310 g/mol. The van der Waals surface area contributed by atoms with E-state index in [1.807, 2.05) is 18.9 Å². The fourth-order valence-corrected chi connectivity index (χ4v) is 3.09. The molecule has 2 aromatic heterocycles. The van der Waals surface area contributed by atoms with Crippen LogP contribution in [-0.2, 0) is 16.1 Å². The summed E-state index contributed by atoms with van der Waals surface area (Å²) in [5.74, 6) is -0.447. The number of carbonyl (C=O) groups is 1. The van der Waals surface area contributed by atoms with Crippen molar-refractivity contribution in [3.8, 4) is 0 Å². The number of ether oxygens (including phenoxy) is 1. The molecule has 0 amide bonds. The quantitative estimate of drug-likeness (QED) is 0.757. The van der Waals surface area contributed by atoms with Gasteiger partial charge in [0.05, 0.1) is 19.6 Å². The molecule has 0 radical (unpaired) electrons. The Morgan fingerprint density at radius 2 is 2.29 bits per heavy atom. The van der Waals surface area contributed by atoms with Crippen LogP contribution in [0.3, 0.4) is 0 Å². The van der Waals surface area contributed by atoms with Crippen molar-refractivity contribution in [1.82, 2.24) is 19.5 Å². The predicted octanol–water partition coefficient (Wildman–Crippen LogP) is 0.700. The van der Waals surface area contributed by atoms with Gasteiger partial charge in [0, 0.05) is 18.3 Å². The number of methoxy groups -OCH3 is 1. The Morgan fingerprint density at radius 1 is 1.57 bits per heavy atom. The highest BCUT2D eigenvalue weighted by atomic mass is 32.1. The summed E-state index contributed by atoms with van der Waals surface area (Å²) in [6.07, 6.45) is 0. The molecule has 0 aliphatic rings. The van der Waals surface area contributed by atoms with Gasteiger partial charge in [-0.25, -0.2) is 4.98 Å². The van der Waals surface area contributed by atoms with Crippen LogP contribution in [0.15, 0.2) is 10.9 Å². The molecule has 8 heteroatoms. The Kier molecular flexibility index (Phi) is 4.69. The lowest BCUT2D eigenvalue weighted by atomic mass is 10.2. The highest BCUT2D eigenvalue weighted by Crippen LogP contribution is 2.14. The molecule has 2 aromatic rings. The average molecular weight is 310 g/mol. The molecule has 0 N–H and O–H groups in total. The number of nitrogens with zero attached hydrogens (tertiary/aromatic N) is 4. The van der Waals surface area contributed by atoms with E-state index in [1.165, 1.54) is 29.0 Å². The molecule has 0 bridgehead atoms. The summed E-state index contributed by atoms with van der Waals surface area (Å²) in [4.78, 5) is 30.1. The molecule has 0 saturated heterocycles. The summed E-state index contributed by atoms with van der Waals surface area (Å²) in [5.41, 5.74) is 0.508. The Bertz CT molecular complexity index is 709. The van der Waals surface area contributed by atoms with Crippen LogP contribution in [0.1, 0.15) is 17.6 Å². The van der Waals surface area contributed by atoms with Gasteiger partial charge in [0.2, 0.25) is 4.96 Å². The van der Waals surface area contributed by atoms with E-state index in [-0.39, 0.29) is 17.4 Å². The van der Waals surface area contributed by atoms with Crippen LogP contribution in [0.4, 0.5) is 0 Å². The van der Waals surface area contributed by atoms with Crippen molar-refractivity contribution < 1.29 is 9.53 Å². The van der Waals surface area contributed by atoms with Crippen LogP contribution in [0.2, 0.25) is 0 Å². The third kappa shape index (κ3) is 3.64. The maximum Gasteiger partial charge on any atom is 0.309 e. The minimum absolute atomic E-state index is 0.175. The molecular weight excluding hydrogens is 292 g/mol. The molecule has 2 rings (SSSR count). The van der Waals surface area contributed by atoms with E-state index in [2.05, 4.69) is 10.1 Å². The topological polar surface area (TPSA) is 76.8 Å². The summed E-state index contributed by atoms with van der Waals surface area (Å²) in [7, 11) is 3.28. The van der Waals surface area contributed by atoms with Crippen LogP contribution in [0.25, 0.3) is 4.96 Å². The molecule has 7 nitrogen and oxygen atoms in total. The predicted molar refractivity (Wildman–Crippen MR) is 79.4 cm³/mol. The first-order chi connectivity index (χ1) is 9.90. The summed E-state index contributed by atoms with van der Waals surface area (Å²) < 4.78 is 6.02. The second kappa shape index (κ2) is 6.31. The zero-order chi connectivity index (χ0) is 15.6. The number of aromatic nitrogens is 3. The molecule has 0 aromatic carbocycles. The second-order valence-electron chi connectivity index (χ2n) is 5.05. The van der Waals surface area contributed by atoms with Gasteiger partial charge in [0.1, 0.15) is 5.01 Å². The van der Waals surface area contributed by atoms with Crippen molar-refractivity contribution in [2.75, 3.05) is 20.7 Å². The first-order valence-electron chi connectivity index (χ1n) is 6.53. The van der Waals surface area contributed by atoms with Crippen molar-refractivity contribution in [2.24, 2.45) is 5.92 Å². The Morgan fingerprint density at radius 3 is 2.95 bits per heavy atom. The molecular formula is C13H18N4O3S. The maximum atomic E-state index is 11.8. The van der Waals surface area contributed by atoms with Gasteiger partial charge in [-0.15, -0.1) is 0 Å². The zero-order valence-corrected chi connectivity index (χ0v) is 13.3. The molecule has 114 valence electrons. The van der Waals surface area contributed by atoms with Crippen molar-refractivity contribution in [3.63, 3.8) is 0 Å². The molecule has 2 heterocycles. The van der Waals surface area contributed by atoms with Gasteiger partial charge in [-0.3, -0.25) is 14.5 Å². The summed E-state index contributed by atoms with van der Waals surface area (Å²) in [5, 5.41) is 5.05. The molecule has 0 aliphatic heterocycles. The van der Waals surface area contributed by atoms with Gasteiger partial charge in [-0.1, -0.05) is 18.3 Å². The molecule has 0 saturated carbocycles.